The van der Waals surface area contributed by atoms with E-state index in [1.165, 1.54) is 0 Å². The number of carbonyl (C=O) groups excluding carboxylic acids is 2. The largest absolute Gasteiger partial charge is 0.343 e. The Morgan fingerprint density at radius 3 is 2.39 bits per heavy atom. The van der Waals surface area contributed by atoms with Gasteiger partial charge in [-0.1, -0.05) is 42.5 Å². The van der Waals surface area contributed by atoms with E-state index in [9.17, 15) is 9.59 Å². The van der Waals surface area contributed by atoms with Crippen LogP contribution >= 0.6 is 15.9 Å². The first-order valence-corrected chi connectivity index (χ1v) is 7.78. The zero-order chi connectivity index (χ0) is 16.7. The zero-order valence-corrected chi connectivity index (χ0v) is 14.1. The molecule has 0 bridgehead atoms. The number of hydrogen-bond donors (Lipinski definition) is 2. The van der Waals surface area contributed by atoms with Gasteiger partial charge in [-0.05, 0) is 40.5 Å². The Labute approximate surface area is 142 Å². The topological polar surface area (TPSA) is 70.6 Å². The van der Waals surface area contributed by atoms with E-state index in [1.807, 2.05) is 36.4 Å². The maximum atomic E-state index is 12.0. The van der Waals surface area contributed by atoms with E-state index < -0.39 is 0 Å². The second-order valence-electron chi connectivity index (χ2n) is 4.76. The summed E-state index contributed by atoms with van der Waals surface area (Å²) >= 11 is 3.30. The number of halogens is 1. The lowest BCUT2D eigenvalue weighted by Crippen LogP contribution is -2.35. The van der Waals surface area contributed by atoms with Gasteiger partial charge in [-0.3, -0.25) is 9.59 Å². The average molecular weight is 374 g/mol. The summed E-state index contributed by atoms with van der Waals surface area (Å²) in [7, 11) is 0. The Bertz CT molecular complexity index is 730. The van der Waals surface area contributed by atoms with Crippen LogP contribution in [-0.4, -0.2) is 24.1 Å². The standard InChI is InChI=1S/C17H16BrN3O2/c1-12(13-7-3-2-4-8-13)20-21-16(22)11-19-17(23)14-9-5-6-10-15(14)18/h2-10H,11H2,1H3,(H,19,23)(H,21,22). The van der Waals surface area contributed by atoms with Gasteiger partial charge >= 0.3 is 0 Å². The summed E-state index contributed by atoms with van der Waals surface area (Å²) in [5.41, 5.74) is 4.51. The van der Waals surface area contributed by atoms with Crippen molar-refractivity contribution in [3.8, 4) is 0 Å². The van der Waals surface area contributed by atoms with Crippen molar-refractivity contribution in [1.82, 2.24) is 10.7 Å². The van der Waals surface area contributed by atoms with Crippen molar-refractivity contribution >= 4 is 33.5 Å². The van der Waals surface area contributed by atoms with Gasteiger partial charge in [-0.15, -0.1) is 0 Å². The molecule has 5 nitrogen and oxygen atoms in total. The minimum absolute atomic E-state index is 0.147. The van der Waals surface area contributed by atoms with Crippen LogP contribution < -0.4 is 10.7 Å². The van der Waals surface area contributed by atoms with E-state index >= 15 is 0 Å². The molecule has 0 aliphatic rings. The summed E-state index contributed by atoms with van der Waals surface area (Å²) in [6.07, 6.45) is 0. The van der Waals surface area contributed by atoms with Crippen molar-refractivity contribution in [2.24, 2.45) is 5.10 Å². The molecule has 0 unspecified atom stereocenters. The molecular formula is C17H16BrN3O2. The van der Waals surface area contributed by atoms with Crippen LogP contribution in [0.3, 0.4) is 0 Å². The molecule has 0 heterocycles. The number of benzene rings is 2. The summed E-state index contributed by atoms with van der Waals surface area (Å²) < 4.78 is 0.677. The number of hydrogen-bond acceptors (Lipinski definition) is 3. The van der Waals surface area contributed by atoms with Crippen LogP contribution in [0.25, 0.3) is 0 Å². The third-order valence-corrected chi connectivity index (χ3v) is 3.76. The number of hydrazone groups is 1. The molecule has 0 radical (unpaired) electrons. The number of nitrogens with one attached hydrogen (secondary N) is 2. The van der Waals surface area contributed by atoms with Gasteiger partial charge in [-0.25, -0.2) is 5.43 Å². The highest BCUT2D eigenvalue weighted by molar-refractivity contribution is 9.10. The summed E-state index contributed by atoms with van der Waals surface area (Å²) in [6, 6.07) is 16.5. The van der Waals surface area contributed by atoms with E-state index in [0.29, 0.717) is 15.7 Å². The summed E-state index contributed by atoms with van der Waals surface area (Å²) in [4.78, 5) is 23.7. The zero-order valence-electron chi connectivity index (χ0n) is 12.5. The van der Waals surface area contributed by atoms with Gasteiger partial charge in [0.2, 0.25) is 0 Å². The lowest BCUT2D eigenvalue weighted by atomic mass is 10.1. The first-order chi connectivity index (χ1) is 11.1. The van der Waals surface area contributed by atoms with Crippen molar-refractivity contribution < 1.29 is 9.59 Å². The second kappa shape index (κ2) is 8.24. The first kappa shape index (κ1) is 16.9. The van der Waals surface area contributed by atoms with Crippen LogP contribution in [0.4, 0.5) is 0 Å². The smallest absolute Gasteiger partial charge is 0.259 e. The molecule has 0 fully saturated rings. The quantitative estimate of drug-likeness (QED) is 0.624. The van der Waals surface area contributed by atoms with Gasteiger partial charge in [0.25, 0.3) is 11.8 Å². The normalized spacial score (nSPS) is 11.0. The van der Waals surface area contributed by atoms with Gasteiger partial charge in [-0.2, -0.15) is 5.10 Å². The number of amides is 2. The molecule has 2 N–H and O–H groups in total. The van der Waals surface area contributed by atoms with Crippen LogP contribution in [0, 0.1) is 0 Å². The fraction of sp³-hybridized carbons (Fsp3) is 0.118. The lowest BCUT2D eigenvalue weighted by molar-refractivity contribution is -0.120. The maximum absolute atomic E-state index is 12.0. The molecule has 118 valence electrons. The van der Waals surface area contributed by atoms with E-state index in [4.69, 9.17) is 0 Å². The van der Waals surface area contributed by atoms with E-state index in [1.54, 1.807) is 25.1 Å². The Morgan fingerprint density at radius 1 is 1.04 bits per heavy atom. The van der Waals surface area contributed by atoms with Crippen LogP contribution in [-0.2, 0) is 4.79 Å². The van der Waals surface area contributed by atoms with Crippen molar-refractivity contribution in [2.75, 3.05) is 6.54 Å². The molecule has 0 aromatic heterocycles. The van der Waals surface area contributed by atoms with Crippen molar-refractivity contribution in [1.29, 1.82) is 0 Å². The highest BCUT2D eigenvalue weighted by Crippen LogP contribution is 2.15. The van der Waals surface area contributed by atoms with Crippen LogP contribution in [0.2, 0.25) is 0 Å². The van der Waals surface area contributed by atoms with Crippen LogP contribution in [0.15, 0.2) is 64.2 Å². The Morgan fingerprint density at radius 2 is 1.70 bits per heavy atom. The van der Waals surface area contributed by atoms with Crippen LogP contribution in [0.5, 0.6) is 0 Å². The van der Waals surface area contributed by atoms with Crippen molar-refractivity contribution in [2.45, 2.75) is 6.92 Å². The Balaban J connectivity index is 1.86. The van der Waals surface area contributed by atoms with Gasteiger partial charge in [0, 0.05) is 4.47 Å². The molecule has 0 atom stereocenters. The highest BCUT2D eigenvalue weighted by Gasteiger charge is 2.10. The predicted molar refractivity (Wildman–Crippen MR) is 93.3 cm³/mol. The fourth-order valence-corrected chi connectivity index (χ4v) is 2.30. The predicted octanol–water partition coefficient (Wildman–Crippen LogP) is 2.72. The molecule has 2 rings (SSSR count). The third-order valence-electron chi connectivity index (χ3n) is 3.07. The minimum atomic E-state index is -0.388. The maximum Gasteiger partial charge on any atom is 0.259 e. The summed E-state index contributed by atoms with van der Waals surface area (Å²) in [5.74, 6) is -0.711. The summed E-state index contributed by atoms with van der Waals surface area (Å²) in [5, 5.41) is 6.57. The number of rotatable bonds is 5. The van der Waals surface area contributed by atoms with E-state index in [0.717, 1.165) is 5.56 Å². The van der Waals surface area contributed by atoms with Gasteiger partial charge in [0.15, 0.2) is 0 Å². The molecule has 0 spiro atoms. The number of carbonyl (C=O) groups is 2. The Kier molecular flexibility index (Phi) is 6.05. The van der Waals surface area contributed by atoms with E-state index in [2.05, 4.69) is 31.8 Å². The highest BCUT2D eigenvalue weighted by atomic mass is 79.9. The molecule has 2 aromatic carbocycles. The second-order valence-corrected chi connectivity index (χ2v) is 5.62. The third kappa shape index (κ3) is 5.03. The molecule has 6 heteroatoms. The monoisotopic (exact) mass is 373 g/mol. The average Bonchev–Trinajstić information content (AvgIpc) is 2.58. The fourth-order valence-electron chi connectivity index (χ4n) is 1.83. The lowest BCUT2D eigenvalue weighted by Gasteiger charge is -2.06. The van der Waals surface area contributed by atoms with Gasteiger partial charge in [0.1, 0.15) is 0 Å². The van der Waals surface area contributed by atoms with Crippen molar-refractivity contribution in [3.05, 3.63) is 70.2 Å². The molecule has 23 heavy (non-hydrogen) atoms. The van der Waals surface area contributed by atoms with E-state index in [-0.39, 0.29) is 18.4 Å². The first-order valence-electron chi connectivity index (χ1n) is 6.99. The molecule has 0 aliphatic carbocycles. The Hall–Kier alpha value is -2.47. The SMILES string of the molecule is CC(=NNC(=O)CNC(=O)c1ccccc1Br)c1ccccc1. The number of nitrogens with zero attached hydrogens (tertiary/aromatic N) is 1. The molecule has 0 aliphatic heterocycles. The van der Waals surface area contributed by atoms with Crippen LogP contribution in [0.1, 0.15) is 22.8 Å². The molecule has 0 saturated heterocycles. The molecular weight excluding hydrogens is 358 g/mol. The van der Waals surface area contributed by atoms with Crippen molar-refractivity contribution in [3.63, 3.8) is 0 Å². The van der Waals surface area contributed by atoms with Gasteiger partial charge < -0.3 is 5.32 Å². The minimum Gasteiger partial charge on any atom is -0.343 e. The molecule has 2 amide bonds. The summed E-state index contributed by atoms with van der Waals surface area (Å²) in [6.45, 7) is 1.65. The molecule has 2 aromatic rings. The van der Waals surface area contributed by atoms with Gasteiger partial charge in [0.05, 0.1) is 17.8 Å². The molecule has 0 saturated carbocycles.